The van der Waals surface area contributed by atoms with E-state index in [1.165, 1.54) is 42.1 Å². The van der Waals surface area contributed by atoms with Gasteiger partial charge in [-0.3, -0.25) is 28.8 Å². The van der Waals surface area contributed by atoms with Gasteiger partial charge in [0.15, 0.2) is 0 Å². The first-order valence-corrected chi connectivity index (χ1v) is 8.52. The Morgan fingerprint density at radius 1 is 0.607 bits per heavy atom. The van der Waals surface area contributed by atoms with Gasteiger partial charge in [0, 0.05) is 0 Å². The van der Waals surface area contributed by atoms with E-state index in [9.17, 15) is 28.8 Å². The predicted octanol–water partition coefficient (Wildman–Crippen LogP) is 0.900. The average Bonchev–Trinajstić information content (AvgIpc) is 2.61. The second-order valence-electron chi connectivity index (χ2n) is 4.80. The molecule has 0 aromatic carbocycles. The first-order valence-electron chi connectivity index (χ1n) is 7.88. The molecule has 0 aliphatic rings. The Hall–Kier alpha value is -1.91. The molecule has 0 heterocycles. The van der Waals surface area contributed by atoms with Crippen LogP contribution in [0.25, 0.3) is 0 Å². The second-order valence-corrected chi connectivity index (χ2v) is 5.25. The molecule has 0 unspecified atom stereocenters. The van der Waals surface area contributed by atoms with Gasteiger partial charge < -0.3 is 14.2 Å². The molecule has 0 spiro atoms. The number of ether oxygens (including phenoxy) is 3. The molecular formula is C17H29O10Ti. The SMILES string of the molecule is CC[O][Ti].COC(=O)CC(C)=O.COC(=O)CC(C)=O.COC(=O)CC(C)=O. The summed E-state index contributed by atoms with van der Waals surface area (Å²) in [6, 6.07) is 0. The molecule has 0 amide bonds. The van der Waals surface area contributed by atoms with Gasteiger partial charge in [-0.25, -0.2) is 0 Å². The largest absolute Gasteiger partial charge is 0.469 e. The molecule has 0 aromatic heterocycles. The quantitative estimate of drug-likeness (QED) is 0.242. The summed E-state index contributed by atoms with van der Waals surface area (Å²) in [5.74, 6) is -1.93. The second kappa shape index (κ2) is 25.1. The van der Waals surface area contributed by atoms with Crippen LogP contribution in [0.5, 0.6) is 0 Å². The summed E-state index contributed by atoms with van der Waals surface area (Å²) in [6.45, 7) is 6.81. The zero-order valence-corrected chi connectivity index (χ0v) is 19.0. The first kappa shape index (κ1) is 33.7. The van der Waals surface area contributed by atoms with Crippen LogP contribution in [0.15, 0.2) is 0 Å². The van der Waals surface area contributed by atoms with E-state index in [0.717, 1.165) is 6.61 Å². The Bertz CT molecular complexity index is 420. The summed E-state index contributed by atoms with van der Waals surface area (Å²) in [6.07, 6.45) is -0.344. The average molecular weight is 441 g/mol. The number of ketones is 3. The van der Waals surface area contributed by atoms with Crippen LogP contribution in [0, 0.1) is 0 Å². The standard InChI is InChI=1S/3C5H8O3.C2H5O.Ti/c3*1-4(6)3-5(7)8-2;1-2-3;/h3*3H2,1-2H3;2H2,1H3;/q;;;-1;+1. The van der Waals surface area contributed by atoms with Crippen LogP contribution in [0.1, 0.15) is 47.0 Å². The Kier molecular flexibility index (Phi) is 30.2. The molecule has 0 bridgehead atoms. The van der Waals surface area contributed by atoms with Gasteiger partial charge in [0.2, 0.25) is 0 Å². The van der Waals surface area contributed by atoms with E-state index in [1.54, 1.807) is 20.8 Å². The van der Waals surface area contributed by atoms with Crippen molar-refractivity contribution in [3.05, 3.63) is 0 Å². The molecule has 10 nitrogen and oxygen atoms in total. The molecule has 0 saturated heterocycles. The number of esters is 3. The van der Waals surface area contributed by atoms with E-state index in [-0.39, 0.29) is 36.6 Å². The minimum Gasteiger partial charge on any atom is -0.469 e. The Morgan fingerprint density at radius 2 is 0.786 bits per heavy atom. The van der Waals surface area contributed by atoms with Crippen molar-refractivity contribution in [3.63, 3.8) is 0 Å². The summed E-state index contributed by atoms with van der Waals surface area (Å²) in [4.78, 5) is 60.9. The number of rotatable bonds is 7. The summed E-state index contributed by atoms with van der Waals surface area (Å²) in [5, 5.41) is 0. The molecule has 0 saturated carbocycles. The Balaban J connectivity index is -0.000000141. The van der Waals surface area contributed by atoms with Crippen LogP contribution in [-0.4, -0.2) is 63.2 Å². The number of carbonyl (C=O) groups excluding carboxylic acids is 6. The molecule has 0 N–H and O–H groups in total. The van der Waals surface area contributed by atoms with Crippen molar-refractivity contribution < 1.29 is 67.1 Å². The van der Waals surface area contributed by atoms with Gasteiger partial charge in [-0.1, -0.05) is 0 Å². The van der Waals surface area contributed by atoms with E-state index >= 15 is 0 Å². The van der Waals surface area contributed by atoms with Crippen molar-refractivity contribution >= 4 is 35.3 Å². The van der Waals surface area contributed by atoms with Crippen molar-refractivity contribution in [2.24, 2.45) is 0 Å². The molecular weight excluding hydrogens is 412 g/mol. The molecule has 0 rings (SSSR count). The van der Waals surface area contributed by atoms with Gasteiger partial charge in [0.05, 0.1) is 21.3 Å². The fraction of sp³-hybridized carbons (Fsp3) is 0.647. The molecule has 161 valence electrons. The van der Waals surface area contributed by atoms with Crippen molar-refractivity contribution in [2.45, 2.75) is 47.0 Å². The molecule has 0 aromatic rings. The van der Waals surface area contributed by atoms with Crippen molar-refractivity contribution in [2.75, 3.05) is 27.9 Å². The van der Waals surface area contributed by atoms with Gasteiger partial charge in [0.25, 0.3) is 0 Å². The molecule has 0 aliphatic heterocycles. The van der Waals surface area contributed by atoms with Crippen LogP contribution < -0.4 is 0 Å². The van der Waals surface area contributed by atoms with Crippen LogP contribution in [-0.2, 0) is 67.1 Å². The van der Waals surface area contributed by atoms with Crippen molar-refractivity contribution in [1.82, 2.24) is 0 Å². The van der Waals surface area contributed by atoms with Crippen LogP contribution in [0.3, 0.4) is 0 Å². The summed E-state index contributed by atoms with van der Waals surface area (Å²) in [5.41, 5.74) is 0. The van der Waals surface area contributed by atoms with Crippen molar-refractivity contribution in [3.8, 4) is 0 Å². The van der Waals surface area contributed by atoms with E-state index in [2.05, 4.69) is 17.5 Å². The summed E-state index contributed by atoms with van der Waals surface area (Å²) in [7, 11) is 3.77. The van der Waals surface area contributed by atoms with Crippen molar-refractivity contribution in [1.29, 1.82) is 0 Å². The van der Waals surface area contributed by atoms with E-state index in [4.69, 9.17) is 0 Å². The molecule has 0 radical (unpaired) electrons. The third-order valence-corrected chi connectivity index (χ3v) is 2.46. The molecule has 0 fully saturated rings. The molecule has 28 heavy (non-hydrogen) atoms. The number of carbonyl (C=O) groups is 6. The molecule has 0 atom stereocenters. The third-order valence-electron chi connectivity index (χ3n) is 2.01. The van der Waals surface area contributed by atoms with E-state index in [0.29, 0.717) is 0 Å². The van der Waals surface area contributed by atoms with Gasteiger partial charge >= 0.3 is 55.6 Å². The zero-order chi connectivity index (χ0) is 23.1. The summed E-state index contributed by atoms with van der Waals surface area (Å²) >= 11 is 1.68. The van der Waals surface area contributed by atoms with Crippen LogP contribution in [0.2, 0.25) is 0 Å². The maximum atomic E-state index is 10.2. The van der Waals surface area contributed by atoms with Gasteiger partial charge in [0.1, 0.15) is 36.6 Å². The van der Waals surface area contributed by atoms with Gasteiger partial charge in [-0.15, -0.1) is 0 Å². The maximum Gasteiger partial charge on any atom is 0.313 e. The number of Topliss-reactive ketones (excluding diaryl/α,β-unsaturated/α-hetero) is 3. The number of hydrogen-bond donors (Lipinski definition) is 0. The normalized spacial score (nSPS) is 8.07. The van der Waals surface area contributed by atoms with Gasteiger partial charge in [-0.2, -0.15) is 0 Å². The Morgan fingerprint density at radius 3 is 0.821 bits per heavy atom. The number of hydrogen-bond acceptors (Lipinski definition) is 10. The zero-order valence-electron chi connectivity index (χ0n) is 17.4. The minimum atomic E-state index is -0.475. The van der Waals surface area contributed by atoms with Crippen LogP contribution in [0.4, 0.5) is 0 Å². The monoisotopic (exact) mass is 441 g/mol. The van der Waals surface area contributed by atoms with E-state index < -0.39 is 17.9 Å². The van der Waals surface area contributed by atoms with Gasteiger partial charge in [-0.05, 0) is 20.8 Å². The Labute approximate surface area is 177 Å². The minimum absolute atomic E-state index is 0.115. The fourth-order valence-electron chi connectivity index (χ4n) is 0.826. The van der Waals surface area contributed by atoms with Crippen LogP contribution >= 0.6 is 0 Å². The fourth-order valence-corrected chi connectivity index (χ4v) is 0.826. The predicted molar refractivity (Wildman–Crippen MR) is 93.6 cm³/mol. The third kappa shape index (κ3) is 44.0. The van der Waals surface area contributed by atoms with E-state index in [1.807, 2.05) is 6.92 Å². The first-order chi connectivity index (χ1) is 12.9. The topological polar surface area (TPSA) is 139 Å². The molecule has 11 heteroatoms. The molecule has 0 aliphatic carbocycles. The summed E-state index contributed by atoms with van der Waals surface area (Å²) < 4.78 is 17.1. The number of methoxy groups -OCH3 is 3. The smallest absolute Gasteiger partial charge is 0.313 e. The maximum absolute atomic E-state index is 10.2.